The molecule has 1 aliphatic rings. The Morgan fingerprint density at radius 3 is 2.17 bits per heavy atom. The molecular weight excluding hydrogens is 416 g/mol. The summed E-state index contributed by atoms with van der Waals surface area (Å²) in [6, 6.07) is 4.67. The van der Waals surface area contributed by atoms with Crippen LogP contribution in [0.4, 0.5) is 0 Å². The quantitative estimate of drug-likeness (QED) is 0.186. The van der Waals surface area contributed by atoms with Crippen LogP contribution in [-0.4, -0.2) is 44.0 Å². The molecule has 1 fully saturated rings. The van der Waals surface area contributed by atoms with E-state index in [0.717, 1.165) is 42.7 Å². The molecule has 2 rings (SSSR count). The number of hydrogen-bond donors (Lipinski definition) is 4. The number of alkyl halides is 1. The van der Waals surface area contributed by atoms with Crippen LogP contribution in [0.5, 0.6) is 11.5 Å². The van der Waals surface area contributed by atoms with Crippen molar-refractivity contribution in [3.8, 4) is 11.5 Å². The Labute approximate surface area is 182 Å². The molecule has 0 radical (unpaired) electrons. The molecule has 166 valence electrons. The third-order valence-corrected chi connectivity index (χ3v) is 5.96. The van der Waals surface area contributed by atoms with Gasteiger partial charge in [0.1, 0.15) is 11.5 Å². The van der Waals surface area contributed by atoms with E-state index in [4.69, 9.17) is 31.4 Å². The van der Waals surface area contributed by atoms with Gasteiger partial charge in [0.2, 0.25) is 0 Å². The van der Waals surface area contributed by atoms with Crippen LogP contribution in [0.3, 0.4) is 0 Å². The normalized spacial score (nSPS) is 14.6. The number of aliphatic carboxylic acids is 2. The lowest BCUT2D eigenvalue weighted by atomic mass is 9.79. The Hall–Kier alpha value is -1.60. The highest BCUT2D eigenvalue weighted by atomic mass is 35.5. The van der Waals surface area contributed by atoms with Crippen molar-refractivity contribution in [3.63, 3.8) is 0 Å². The standard InChI is InChI=1S/C17H25ClO2S.2C2H4O2/c18-12-14(13-5-2-1-3-6-13)7-4-10-21-17-11-15(19)8-9-16(17)20;2*1-2(3)4/h8-9,11,13-14,19-20H,1-7,10,12H2;2*1H3,(H,3,4). The Morgan fingerprint density at radius 2 is 1.66 bits per heavy atom. The monoisotopic (exact) mass is 448 g/mol. The van der Waals surface area contributed by atoms with Crippen molar-refractivity contribution < 1.29 is 30.0 Å². The van der Waals surface area contributed by atoms with E-state index in [-0.39, 0.29) is 11.5 Å². The highest BCUT2D eigenvalue weighted by molar-refractivity contribution is 7.99. The molecule has 0 amide bonds. The second-order valence-electron chi connectivity index (χ2n) is 6.99. The summed E-state index contributed by atoms with van der Waals surface area (Å²) in [6.45, 7) is 2.17. The topological polar surface area (TPSA) is 115 Å². The molecule has 1 aromatic rings. The van der Waals surface area contributed by atoms with Crippen LogP contribution in [0.2, 0.25) is 0 Å². The van der Waals surface area contributed by atoms with Crippen molar-refractivity contribution in [1.82, 2.24) is 0 Å². The molecule has 8 heteroatoms. The second kappa shape index (κ2) is 16.2. The van der Waals surface area contributed by atoms with Crippen LogP contribution in [0.1, 0.15) is 58.8 Å². The van der Waals surface area contributed by atoms with Crippen molar-refractivity contribution >= 4 is 35.3 Å². The van der Waals surface area contributed by atoms with Gasteiger partial charge in [-0.15, -0.1) is 23.4 Å². The fraction of sp³-hybridized carbons (Fsp3) is 0.619. The summed E-state index contributed by atoms with van der Waals surface area (Å²) in [5.41, 5.74) is 0. The summed E-state index contributed by atoms with van der Waals surface area (Å²) < 4.78 is 0. The summed E-state index contributed by atoms with van der Waals surface area (Å²) in [6.07, 6.45) is 9.08. The van der Waals surface area contributed by atoms with E-state index < -0.39 is 11.9 Å². The van der Waals surface area contributed by atoms with E-state index in [9.17, 15) is 10.2 Å². The van der Waals surface area contributed by atoms with Gasteiger partial charge in [-0.1, -0.05) is 32.1 Å². The molecule has 1 atom stereocenters. The highest BCUT2D eigenvalue weighted by Gasteiger charge is 2.22. The van der Waals surface area contributed by atoms with Gasteiger partial charge in [-0.05, 0) is 48.6 Å². The Kier molecular flexibility index (Phi) is 15.3. The van der Waals surface area contributed by atoms with Crippen molar-refractivity contribution in [1.29, 1.82) is 0 Å². The van der Waals surface area contributed by atoms with Gasteiger partial charge in [-0.3, -0.25) is 9.59 Å². The van der Waals surface area contributed by atoms with Gasteiger partial charge in [0.05, 0.1) is 4.90 Å². The zero-order chi connectivity index (χ0) is 22.2. The minimum atomic E-state index is -0.833. The number of phenols is 2. The number of aromatic hydroxyl groups is 2. The number of carboxylic acids is 2. The van der Waals surface area contributed by atoms with Crippen LogP contribution in [0, 0.1) is 11.8 Å². The lowest BCUT2D eigenvalue weighted by Crippen LogP contribution is -2.19. The first kappa shape index (κ1) is 27.4. The van der Waals surface area contributed by atoms with Crippen LogP contribution >= 0.6 is 23.4 Å². The van der Waals surface area contributed by atoms with Gasteiger partial charge in [-0.25, -0.2) is 0 Å². The summed E-state index contributed by atoms with van der Waals surface area (Å²) in [7, 11) is 0. The van der Waals surface area contributed by atoms with Gasteiger partial charge >= 0.3 is 0 Å². The molecule has 1 unspecified atom stereocenters. The first-order valence-electron chi connectivity index (χ1n) is 9.77. The molecule has 6 nitrogen and oxygen atoms in total. The minimum Gasteiger partial charge on any atom is -0.508 e. The third kappa shape index (κ3) is 15.0. The maximum absolute atomic E-state index is 9.74. The van der Waals surface area contributed by atoms with Crippen molar-refractivity contribution in [3.05, 3.63) is 18.2 Å². The van der Waals surface area contributed by atoms with Crippen LogP contribution in [0.25, 0.3) is 0 Å². The van der Waals surface area contributed by atoms with Gasteiger partial charge in [0.15, 0.2) is 0 Å². The molecule has 1 aromatic carbocycles. The van der Waals surface area contributed by atoms with Gasteiger partial charge < -0.3 is 20.4 Å². The molecule has 29 heavy (non-hydrogen) atoms. The van der Waals surface area contributed by atoms with Crippen LogP contribution < -0.4 is 0 Å². The fourth-order valence-electron chi connectivity index (χ4n) is 3.19. The number of thioether (sulfide) groups is 1. The third-order valence-electron chi connectivity index (χ3n) is 4.43. The predicted octanol–water partition coefficient (Wildman–Crippen LogP) is 5.59. The molecule has 0 spiro atoms. The molecule has 1 saturated carbocycles. The Bertz CT molecular complexity index is 585. The average Bonchev–Trinajstić information content (AvgIpc) is 2.64. The summed E-state index contributed by atoms with van der Waals surface area (Å²) in [5.74, 6) is 1.97. The summed E-state index contributed by atoms with van der Waals surface area (Å²) >= 11 is 7.77. The largest absolute Gasteiger partial charge is 0.508 e. The maximum Gasteiger partial charge on any atom is 0.300 e. The van der Waals surface area contributed by atoms with Crippen molar-refractivity contribution in [2.24, 2.45) is 11.8 Å². The molecule has 0 saturated heterocycles. The number of carbonyl (C=O) groups is 2. The van der Waals surface area contributed by atoms with E-state index in [1.807, 2.05) is 0 Å². The molecule has 1 aliphatic carbocycles. The fourth-order valence-corrected chi connectivity index (χ4v) is 4.55. The zero-order valence-electron chi connectivity index (χ0n) is 17.1. The van der Waals surface area contributed by atoms with E-state index in [0.29, 0.717) is 5.92 Å². The minimum absolute atomic E-state index is 0.205. The number of carboxylic acid groups (broad SMARTS) is 2. The van der Waals surface area contributed by atoms with E-state index in [1.54, 1.807) is 23.9 Å². The Balaban J connectivity index is 0.000000837. The Morgan fingerprint density at radius 1 is 1.10 bits per heavy atom. The van der Waals surface area contributed by atoms with E-state index in [1.165, 1.54) is 44.6 Å². The van der Waals surface area contributed by atoms with E-state index in [2.05, 4.69) is 0 Å². The van der Waals surface area contributed by atoms with Crippen LogP contribution in [-0.2, 0) is 9.59 Å². The first-order valence-corrected chi connectivity index (χ1v) is 11.3. The van der Waals surface area contributed by atoms with Gasteiger partial charge in [0, 0.05) is 19.7 Å². The number of rotatable bonds is 7. The van der Waals surface area contributed by atoms with Crippen molar-refractivity contribution in [2.45, 2.75) is 63.7 Å². The lowest BCUT2D eigenvalue weighted by Gasteiger charge is -2.29. The van der Waals surface area contributed by atoms with Gasteiger partial charge in [-0.2, -0.15) is 0 Å². The number of phenolic OH excluding ortho intramolecular Hbond substituents is 2. The first-order chi connectivity index (χ1) is 13.7. The van der Waals surface area contributed by atoms with Crippen LogP contribution in [0.15, 0.2) is 23.1 Å². The average molecular weight is 449 g/mol. The zero-order valence-corrected chi connectivity index (χ0v) is 18.7. The SMILES string of the molecule is CC(=O)O.CC(=O)O.Oc1ccc(O)c(SCCCC(CCl)C2CCCCC2)c1. The number of halogens is 1. The second-order valence-corrected chi connectivity index (χ2v) is 8.44. The summed E-state index contributed by atoms with van der Waals surface area (Å²) in [4.78, 5) is 18.8. The summed E-state index contributed by atoms with van der Waals surface area (Å²) in [5, 5.41) is 34.0. The maximum atomic E-state index is 9.74. The van der Waals surface area contributed by atoms with E-state index >= 15 is 0 Å². The molecule has 0 aromatic heterocycles. The predicted molar refractivity (Wildman–Crippen MR) is 117 cm³/mol. The number of hydrogen-bond acceptors (Lipinski definition) is 5. The molecule has 0 heterocycles. The molecule has 4 N–H and O–H groups in total. The number of benzene rings is 1. The molecular formula is C21H33ClO6S. The molecule has 0 bridgehead atoms. The highest BCUT2D eigenvalue weighted by Crippen LogP contribution is 2.35. The lowest BCUT2D eigenvalue weighted by molar-refractivity contribution is -0.135. The molecule has 0 aliphatic heterocycles. The van der Waals surface area contributed by atoms with Gasteiger partial charge in [0.25, 0.3) is 11.9 Å². The van der Waals surface area contributed by atoms with Crippen molar-refractivity contribution in [2.75, 3.05) is 11.6 Å². The smallest absolute Gasteiger partial charge is 0.300 e.